The van der Waals surface area contributed by atoms with Gasteiger partial charge in [-0.2, -0.15) is 0 Å². The van der Waals surface area contributed by atoms with Crippen molar-refractivity contribution < 1.29 is 27.4 Å². The summed E-state index contributed by atoms with van der Waals surface area (Å²) in [6, 6.07) is 11.2. The third-order valence-corrected chi connectivity index (χ3v) is 12.0. The van der Waals surface area contributed by atoms with E-state index in [1.807, 2.05) is 31.2 Å². The number of methoxy groups -OCH3 is 1. The van der Waals surface area contributed by atoms with Gasteiger partial charge < -0.3 is 19.1 Å². The molecule has 2 heterocycles. The van der Waals surface area contributed by atoms with Crippen molar-refractivity contribution >= 4 is 33.2 Å². The number of allylic oxidation sites excluding steroid dienone is 1. The minimum Gasteiger partial charge on any atom is -0.487 e. The Labute approximate surface area is 273 Å². The molecule has 1 aliphatic carbocycles. The van der Waals surface area contributed by atoms with Gasteiger partial charge in [0, 0.05) is 30.8 Å². The number of carbonyl (C=O) groups excluding carboxylic acids is 1. The minimum atomic E-state index is -3.89. The smallest absolute Gasteiger partial charge is 0.264 e. The number of halogens is 1. The lowest BCUT2D eigenvalue weighted by atomic mass is 9.58. The van der Waals surface area contributed by atoms with Crippen molar-refractivity contribution in [3.05, 3.63) is 70.3 Å². The fourth-order valence-corrected chi connectivity index (χ4v) is 8.61. The quantitative estimate of drug-likeness (QED) is 0.282. The zero-order valence-corrected chi connectivity index (χ0v) is 28.3. The molecule has 1 amide bonds. The van der Waals surface area contributed by atoms with Crippen LogP contribution < -0.4 is 14.4 Å². The fraction of sp³-hybridized carbons (Fsp3) is 0.571. The van der Waals surface area contributed by atoms with Crippen LogP contribution in [-0.4, -0.2) is 59.1 Å². The number of benzene rings is 2. The van der Waals surface area contributed by atoms with E-state index in [9.17, 15) is 13.2 Å². The second-order valence-corrected chi connectivity index (χ2v) is 15.3. The van der Waals surface area contributed by atoms with Crippen molar-refractivity contribution in [1.82, 2.24) is 4.72 Å². The zero-order valence-electron chi connectivity index (χ0n) is 26.7. The lowest BCUT2D eigenvalue weighted by molar-refractivity contribution is -0.0700. The number of anilines is 1. The van der Waals surface area contributed by atoms with Crippen molar-refractivity contribution in [3.63, 3.8) is 0 Å². The van der Waals surface area contributed by atoms with E-state index in [0.717, 1.165) is 56.4 Å². The molecule has 1 N–H and O–H groups in total. The van der Waals surface area contributed by atoms with E-state index in [-0.39, 0.29) is 17.4 Å². The number of carbonyl (C=O) groups is 1. The second-order valence-electron chi connectivity index (χ2n) is 12.9. The van der Waals surface area contributed by atoms with E-state index < -0.39 is 21.2 Å². The highest BCUT2D eigenvalue weighted by Crippen LogP contribution is 2.51. The third kappa shape index (κ3) is 8.05. The van der Waals surface area contributed by atoms with Gasteiger partial charge in [0.25, 0.3) is 5.91 Å². The van der Waals surface area contributed by atoms with Crippen molar-refractivity contribution in [2.75, 3.05) is 38.3 Å². The number of hydrogen-bond acceptors (Lipinski definition) is 7. The van der Waals surface area contributed by atoms with Gasteiger partial charge in [0.15, 0.2) is 0 Å². The second kappa shape index (κ2) is 14.9. The number of nitrogens with one attached hydrogen (secondary N) is 1. The monoisotopic (exact) mass is 658 g/mol. The Morgan fingerprint density at radius 2 is 1.96 bits per heavy atom. The third-order valence-electron chi connectivity index (χ3n) is 9.82. The van der Waals surface area contributed by atoms with Gasteiger partial charge in [0.1, 0.15) is 12.4 Å². The standard InChI is InChI=1S/C35H47ClN2O6S/c1-4-29-10-5-6-11-32(43-20-19-42-3)30-16-17-35(30,2)24-38-18-8-7-9-25-21-28(36)14-12-27(25)23-44-33-15-13-26(22-31(33)38)34(39)37-45(29,40)41/h6,11-15,21-22,29-30,32H,4-5,7-10,16-20,23-24H2,1-3H3,(H,37,39)/b11-6+/t29-,30+,32+,35?/m1/s1. The summed E-state index contributed by atoms with van der Waals surface area (Å²) in [5.41, 5.74) is 3.33. The maximum Gasteiger partial charge on any atom is 0.264 e. The molecule has 2 aromatic carbocycles. The van der Waals surface area contributed by atoms with Crippen LogP contribution in [0.15, 0.2) is 48.6 Å². The topological polar surface area (TPSA) is 94.2 Å². The average Bonchev–Trinajstić information content (AvgIpc) is 3.03. The van der Waals surface area contributed by atoms with E-state index in [1.54, 1.807) is 25.3 Å². The summed E-state index contributed by atoms with van der Waals surface area (Å²) in [6.45, 7) is 7.07. The van der Waals surface area contributed by atoms with Gasteiger partial charge in [-0.25, -0.2) is 13.1 Å². The highest BCUT2D eigenvalue weighted by Gasteiger charge is 2.47. The molecule has 1 fully saturated rings. The van der Waals surface area contributed by atoms with Crippen LogP contribution in [0.25, 0.3) is 0 Å². The molecular formula is C35H47ClN2O6S. The molecule has 0 spiro atoms. The van der Waals surface area contributed by atoms with E-state index in [4.69, 9.17) is 25.8 Å². The SMILES string of the molecule is CC[C@@H]1CC/C=C/[C@H](OCCOC)[C@@H]2CCC2(C)CN2CCCCc3cc(Cl)ccc3COc3ccc(cc32)C(=O)NS1(=O)=O. The molecule has 0 radical (unpaired) electrons. The highest BCUT2D eigenvalue weighted by molar-refractivity contribution is 7.90. The molecule has 0 saturated heterocycles. The molecule has 0 aromatic heterocycles. The number of hydrogen-bond donors (Lipinski definition) is 1. The lowest BCUT2D eigenvalue weighted by Gasteiger charge is -2.52. The van der Waals surface area contributed by atoms with E-state index in [0.29, 0.717) is 55.4 Å². The molecule has 2 aromatic rings. The van der Waals surface area contributed by atoms with Crippen molar-refractivity contribution in [2.45, 2.75) is 83.2 Å². The normalized spacial score (nSPS) is 27.9. The van der Waals surface area contributed by atoms with Crippen LogP contribution >= 0.6 is 11.6 Å². The van der Waals surface area contributed by atoms with Crippen molar-refractivity contribution in [2.24, 2.45) is 11.3 Å². The Bertz CT molecular complexity index is 1480. The van der Waals surface area contributed by atoms with Gasteiger partial charge in [-0.15, -0.1) is 0 Å². The van der Waals surface area contributed by atoms with E-state index in [1.165, 1.54) is 5.56 Å². The molecule has 1 unspecified atom stereocenters. The number of fused-ring (bicyclic) bond motifs is 3. The number of ether oxygens (including phenoxy) is 3. The number of aryl methyl sites for hydroxylation is 1. The first kappa shape index (κ1) is 33.8. The zero-order chi connectivity index (χ0) is 32.0. The number of rotatable bonds is 5. The summed E-state index contributed by atoms with van der Waals surface area (Å²) in [4.78, 5) is 15.8. The van der Waals surface area contributed by atoms with Crippen LogP contribution in [0.5, 0.6) is 5.75 Å². The number of amides is 1. The molecule has 2 bridgehead atoms. The molecule has 5 rings (SSSR count). The molecule has 8 nitrogen and oxygen atoms in total. The van der Waals surface area contributed by atoms with Gasteiger partial charge >= 0.3 is 0 Å². The Morgan fingerprint density at radius 3 is 2.71 bits per heavy atom. The fourth-order valence-electron chi connectivity index (χ4n) is 6.99. The predicted molar refractivity (Wildman–Crippen MR) is 179 cm³/mol. The van der Waals surface area contributed by atoms with Gasteiger partial charge in [-0.3, -0.25) is 4.79 Å². The molecule has 45 heavy (non-hydrogen) atoms. The molecule has 10 heteroatoms. The Hall–Kier alpha value is -2.59. The van der Waals surface area contributed by atoms with E-state index in [2.05, 4.69) is 22.6 Å². The number of sulfonamides is 1. The summed E-state index contributed by atoms with van der Waals surface area (Å²) >= 11 is 6.35. The summed E-state index contributed by atoms with van der Waals surface area (Å²) in [5, 5.41) is 0.0281. The van der Waals surface area contributed by atoms with Gasteiger partial charge in [-0.05, 0) is 104 Å². The first-order chi connectivity index (χ1) is 21.6. The molecule has 246 valence electrons. The summed E-state index contributed by atoms with van der Waals surface area (Å²) in [7, 11) is -2.21. The maximum absolute atomic E-state index is 13.5. The van der Waals surface area contributed by atoms with Crippen LogP contribution in [0, 0.1) is 11.3 Å². The maximum atomic E-state index is 13.5. The van der Waals surface area contributed by atoms with E-state index >= 15 is 0 Å². The lowest BCUT2D eigenvalue weighted by Crippen LogP contribution is -2.52. The first-order valence-corrected chi connectivity index (χ1v) is 18.2. The molecule has 1 saturated carbocycles. The van der Waals surface area contributed by atoms with Crippen LogP contribution in [0.3, 0.4) is 0 Å². The summed E-state index contributed by atoms with van der Waals surface area (Å²) in [5.74, 6) is 0.328. The molecular weight excluding hydrogens is 612 g/mol. The van der Waals surface area contributed by atoms with Gasteiger partial charge in [0.05, 0.1) is 30.3 Å². The Kier molecular flexibility index (Phi) is 11.2. The molecule has 2 aliphatic heterocycles. The largest absolute Gasteiger partial charge is 0.487 e. The number of nitrogens with zero attached hydrogens (tertiary/aromatic N) is 1. The van der Waals surface area contributed by atoms with Gasteiger partial charge in [0.2, 0.25) is 10.0 Å². The van der Waals surface area contributed by atoms with Crippen LogP contribution in [-0.2, 0) is 32.5 Å². The Morgan fingerprint density at radius 1 is 1.11 bits per heavy atom. The highest BCUT2D eigenvalue weighted by atomic mass is 35.5. The molecule has 4 atom stereocenters. The van der Waals surface area contributed by atoms with Crippen LogP contribution in [0.4, 0.5) is 5.69 Å². The predicted octanol–water partition coefficient (Wildman–Crippen LogP) is 6.70. The summed E-state index contributed by atoms with van der Waals surface area (Å²) in [6.07, 6.45) is 10.4. The minimum absolute atomic E-state index is 0.0410. The summed E-state index contributed by atoms with van der Waals surface area (Å²) < 4.78 is 47.2. The van der Waals surface area contributed by atoms with Gasteiger partial charge in [-0.1, -0.05) is 43.7 Å². The average molecular weight is 659 g/mol. The first-order valence-electron chi connectivity index (χ1n) is 16.3. The Balaban J connectivity index is 1.55. The van der Waals surface area contributed by atoms with Crippen LogP contribution in [0.2, 0.25) is 5.02 Å². The van der Waals surface area contributed by atoms with Crippen molar-refractivity contribution in [1.29, 1.82) is 0 Å². The van der Waals surface area contributed by atoms with Crippen LogP contribution in [0.1, 0.15) is 80.3 Å². The van der Waals surface area contributed by atoms with Crippen molar-refractivity contribution in [3.8, 4) is 5.75 Å². The molecule has 3 aliphatic rings.